The number of hydrogen-bond acceptors (Lipinski definition) is 3. The minimum Gasteiger partial charge on any atom is -0.507 e. The van der Waals surface area contributed by atoms with Crippen LogP contribution in [-0.4, -0.2) is 16.5 Å². The fraction of sp³-hybridized carbons (Fsp3) is 0.364. The molecule has 0 fully saturated rings. The Morgan fingerprint density at radius 3 is 2.79 bits per heavy atom. The molecule has 2 N–H and O–H groups in total. The fourth-order valence-corrected chi connectivity index (χ4v) is 1.41. The van der Waals surface area contributed by atoms with Crippen LogP contribution in [0.15, 0.2) is 18.2 Å². The van der Waals surface area contributed by atoms with E-state index in [-0.39, 0.29) is 18.3 Å². The maximum absolute atomic E-state index is 10.3. The van der Waals surface area contributed by atoms with Crippen LogP contribution in [0.4, 0.5) is 0 Å². The Kier molecular flexibility index (Phi) is 3.65. The van der Waals surface area contributed by atoms with E-state index in [1.54, 1.807) is 18.2 Å². The third kappa shape index (κ3) is 2.12. The maximum Gasteiger partial charge on any atom is 0.124 e. The van der Waals surface area contributed by atoms with E-state index in [1.807, 2.05) is 6.92 Å². The molecule has 3 nitrogen and oxygen atoms in total. The van der Waals surface area contributed by atoms with Crippen molar-refractivity contribution in [1.82, 2.24) is 0 Å². The molecule has 0 saturated carbocycles. The van der Waals surface area contributed by atoms with E-state index in [0.717, 1.165) is 6.29 Å². The highest BCUT2D eigenvalue weighted by Gasteiger charge is 2.12. The summed E-state index contributed by atoms with van der Waals surface area (Å²) < 4.78 is 0. The van der Waals surface area contributed by atoms with Gasteiger partial charge in [0.25, 0.3) is 0 Å². The number of rotatable bonds is 4. The number of carbonyl (C=O) groups is 1. The molecular formula is C11H14O3. The number of para-hydroxylation sites is 1. The lowest BCUT2D eigenvalue weighted by Gasteiger charge is -2.12. The summed E-state index contributed by atoms with van der Waals surface area (Å²) in [6.07, 6.45) is 1.21. The molecule has 3 heteroatoms. The Hall–Kier alpha value is -1.35. The third-order valence-corrected chi connectivity index (χ3v) is 2.30. The van der Waals surface area contributed by atoms with Gasteiger partial charge >= 0.3 is 0 Å². The number of benzene rings is 1. The summed E-state index contributed by atoms with van der Waals surface area (Å²) in [6.45, 7) is 1.68. The van der Waals surface area contributed by atoms with Gasteiger partial charge in [-0.25, -0.2) is 0 Å². The van der Waals surface area contributed by atoms with Crippen LogP contribution in [0.3, 0.4) is 0 Å². The number of aliphatic hydroxyl groups excluding tert-OH is 1. The Labute approximate surface area is 83.0 Å². The van der Waals surface area contributed by atoms with E-state index in [2.05, 4.69) is 0 Å². The van der Waals surface area contributed by atoms with Crippen molar-refractivity contribution in [3.05, 3.63) is 29.3 Å². The summed E-state index contributed by atoms with van der Waals surface area (Å²) in [6, 6.07) is 5.19. The second kappa shape index (κ2) is 4.77. The van der Waals surface area contributed by atoms with Crippen molar-refractivity contribution >= 4 is 6.29 Å². The Balaban J connectivity index is 3.02. The molecule has 1 unspecified atom stereocenters. The van der Waals surface area contributed by atoms with E-state index in [1.165, 1.54) is 0 Å². The van der Waals surface area contributed by atoms with E-state index in [9.17, 15) is 9.90 Å². The van der Waals surface area contributed by atoms with Gasteiger partial charge in [0, 0.05) is 12.0 Å². The lowest BCUT2D eigenvalue weighted by atomic mass is 9.95. The predicted octanol–water partition coefficient (Wildman–Crippen LogP) is 1.58. The van der Waals surface area contributed by atoms with E-state index >= 15 is 0 Å². The smallest absolute Gasteiger partial charge is 0.124 e. The van der Waals surface area contributed by atoms with Crippen LogP contribution in [-0.2, 0) is 11.4 Å². The van der Waals surface area contributed by atoms with Gasteiger partial charge in [0.05, 0.1) is 6.61 Å². The zero-order valence-electron chi connectivity index (χ0n) is 8.10. The minimum atomic E-state index is -0.187. The standard InChI is InChI=1S/C11H14O3/c1-8(5-6-12)10-4-2-3-9(7-13)11(10)14/h2-4,6,8,13-14H,5,7H2,1H3. The second-order valence-electron chi connectivity index (χ2n) is 3.32. The SMILES string of the molecule is CC(CC=O)c1cccc(CO)c1O. The predicted molar refractivity (Wildman–Crippen MR) is 53.1 cm³/mol. The zero-order valence-corrected chi connectivity index (χ0v) is 8.10. The van der Waals surface area contributed by atoms with Crippen molar-refractivity contribution < 1.29 is 15.0 Å². The molecule has 0 aromatic heterocycles. The van der Waals surface area contributed by atoms with Crippen molar-refractivity contribution in [3.63, 3.8) is 0 Å². The molecule has 0 spiro atoms. The van der Waals surface area contributed by atoms with Crippen molar-refractivity contribution in [1.29, 1.82) is 0 Å². The van der Waals surface area contributed by atoms with Gasteiger partial charge in [0.2, 0.25) is 0 Å². The number of hydrogen-bond donors (Lipinski definition) is 2. The molecule has 0 amide bonds. The molecule has 1 aromatic carbocycles. The fourth-order valence-electron chi connectivity index (χ4n) is 1.41. The van der Waals surface area contributed by atoms with Gasteiger partial charge in [-0.2, -0.15) is 0 Å². The van der Waals surface area contributed by atoms with Crippen LogP contribution in [0.5, 0.6) is 5.75 Å². The van der Waals surface area contributed by atoms with Crippen LogP contribution in [0.2, 0.25) is 0 Å². The molecule has 14 heavy (non-hydrogen) atoms. The lowest BCUT2D eigenvalue weighted by molar-refractivity contribution is -0.108. The maximum atomic E-state index is 10.3. The molecule has 0 radical (unpaired) electrons. The Morgan fingerprint density at radius 1 is 1.50 bits per heavy atom. The topological polar surface area (TPSA) is 57.5 Å². The summed E-state index contributed by atoms with van der Waals surface area (Å²) in [5, 5.41) is 18.6. The highest BCUT2D eigenvalue weighted by atomic mass is 16.3. The number of aliphatic hydroxyl groups is 1. The molecule has 1 aromatic rings. The summed E-state index contributed by atoms with van der Waals surface area (Å²) >= 11 is 0. The number of phenols is 1. The lowest BCUT2D eigenvalue weighted by Crippen LogP contribution is -1.97. The minimum absolute atomic E-state index is 0.0148. The summed E-state index contributed by atoms with van der Waals surface area (Å²) in [7, 11) is 0. The molecule has 0 aliphatic heterocycles. The third-order valence-electron chi connectivity index (χ3n) is 2.30. The first-order valence-electron chi connectivity index (χ1n) is 4.56. The average Bonchev–Trinajstić information content (AvgIpc) is 2.18. The first-order valence-corrected chi connectivity index (χ1v) is 4.56. The highest BCUT2D eigenvalue weighted by Crippen LogP contribution is 2.30. The molecule has 0 heterocycles. The van der Waals surface area contributed by atoms with Gasteiger partial charge in [-0.1, -0.05) is 25.1 Å². The van der Waals surface area contributed by atoms with Crippen LogP contribution in [0.1, 0.15) is 30.4 Å². The number of aromatic hydroxyl groups is 1. The van der Waals surface area contributed by atoms with E-state index in [0.29, 0.717) is 17.5 Å². The zero-order chi connectivity index (χ0) is 10.6. The first kappa shape index (κ1) is 10.7. The van der Waals surface area contributed by atoms with Gasteiger partial charge in [0.15, 0.2) is 0 Å². The number of carbonyl (C=O) groups excluding carboxylic acids is 1. The largest absolute Gasteiger partial charge is 0.507 e. The highest BCUT2D eigenvalue weighted by molar-refractivity contribution is 5.53. The Morgan fingerprint density at radius 2 is 2.21 bits per heavy atom. The summed E-state index contributed by atoms with van der Waals surface area (Å²) in [4.78, 5) is 10.3. The second-order valence-corrected chi connectivity index (χ2v) is 3.32. The van der Waals surface area contributed by atoms with Gasteiger partial charge < -0.3 is 15.0 Å². The molecule has 0 aliphatic rings. The molecule has 1 rings (SSSR count). The monoisotopic (exact) mass is 194 g/mol. The van der Waals surface area contributed by atoms with Crippen molar-refractivity contribution in [2.24, 2.45) is 0 Å². The van der Waals surface area contributed by atoms with Gasteiger partial charge in [-0.15, -0.1) is 0 Å². The van der Waals surface area contributed by atoms with Crippen molar-refractivity contribution in [2.45, 2.75) is 25.9 Å². The van der Waals surface area contributed by atoms with Gasteiger partial charge in [0.1, 0.15) is 12.0 Å². The van der Waals surface area contributed by atoms with E-state index in [4.69, 9.17) is 5.11 Å². The molecule has 1 atom stereocenters. The van der Waals surface area contributed by atoms with Crippen molar-refractivity contribution in [2.75, 3.05) is 0 Å². The van der Waals surface area contributed by atoms with Crippen LogP contribution < -0.4 is 0 Å². The molecule has 0 bridgehead atoms. The summed E-state index contributed by atoms with van der Waals surface area (Å²) in [5.74, 6) is 0.0864. The van der Waals surface area contributed by atoms with Crippen LogP contribution >= 0.6 is 0 Å². The first-order chi connectivity index (χ1) is 6.70. The number of aldehydes is 1. The Bertz CT molecular complexity index is 320. The van der Waals surface area contributed by atoms with Gasteiger partial charge in [-0.05, 0) is 11.5 Å². The normalized spacial score (nSPS) is 12.4. The van der Waals surface area contributed by atoms with Gasteiger partial charge in [-0.3, -0.25) is 0 Å². The average molecular weight is 194 g/mol. The quantitative estimate of drug-likeness (QED) is 0.715. The van der Waals surface area contributed by atoms with Crippen LogP contribution in [0.25, 0.3) is 0 Å². The van der Waals surface area contributed by atoms with Crippen LogP contribution in [0, 0.1) is 0 Å². The molecule has 76 valence electrons. The summed E-state index contributed by atoms with van der Waals surface area (Å²) in [5.41, 5.74) is 1.21. The molecule has 0 saturated heterocycles. The molecular weight excluding hydrogens is 180 g/mol. The molecule has 0 aliphatic carbocycles. The van der Waals surface area contributed by atoms with Crippen molar-refractivity contribution in [3.8, 4) is 5.75 Å². The van der Waals surface area contributed by atoms with E-state index < -0.39 is 0 Å².